The van der Waals surface area contributed by atoms with Crippen LogP contribution in [-0.4, -0.2) is 51.9 Å². The Balaban J connectivity index is 1.45. The van der Waals surface area contributed by atoms with E-state index >= 15 is 0 Å². The Morgan fingerprint density at radius 2 is 1.55 bits per heavy atom. The zero-order chi connectivity index (χ0) is 20.5. The summed E-state index contributed by atoms with van der Waals surface area (Å²) in [5.74, 6) is -0.0183. The van der Waals surface area contributed by atoms with Crippen molar-refractivity contribution in [2.45, 2.75) is 13.8 Å². The molecule has 4 rings (SSSR count). The van der Waals surface area contributed by atoms with E-state index in [9.17, 15) is 14.9 Å². The lowest BCUT2D eigenvalue weighted by Gasteiger charge is -2.36. The fourth-order valence-corrected chi connectivity index (χ4v) is 3.50. The largest absolute Gasteiger partial charge is 0.368 e. The number of aryl methyl sites for hydroxylation is 2. The summed E-state index contributed by atoms with van der Waals surface area (Å²) in [6.45, 7) is 6.36. The van der Waals surface area contributed by atoms with Crippen molar-refractivity contribution in [3.05, 3.63) is 69.5 Å². The van der Waals surface area contributed by atoms with Crippen molar-refractivity contribution in [3.8, 4) is 0 Å². The minimum atomic E-state index is -0.406. The average molecular weight is 391 g/mol. The molecule has 0 radical (unpaired) electrons. The number of rotatable bonds is 3. The van der Waals surface area contributed by atoms with E-state index < -0.39 is 4.92 Å². The summed E-state index contributed by atoms with van der Waals surface area (Å²) in [5, 5.41) is 10.8. The number of fused-ring (bicyclic) bond motifs is 1. The molecular weight excluding hydrogens is 370 g/mol. The molecule has 0 bridgehead atoms. The first-order valence-electron chi connectivity index (χ1n) is 9.46. The number of hydrogen-bond acceptors (Lipinski definition) is 6. The molecule has 1 aliphatic heterocycles. The number of hydrogen-bond donors (Lipinski definition) is 0. The number of carbonyl (C=O) groups excluding carboxylic acids is 1. The van der Waals surface area contributed by atoms with Gasteiger partial charge in [0.05, 0.1) is 27.3 Å². The maximum absolute atomic E-state index is 12.9. The average Bonchev–Trinajstić information content (AvgIpc) is 2.74. The Morgan fingerprint density at radius 1 is 0.931 bits per heavy atom. The second kappa shape index (κ2) is 7.46. The summed E-state index contributed by atoms with van der Waals surface area (Å²) in [4.78, 5) is 36.4. The number of aromatic nitrogens is 2. The molecule has 2 aromatic carbocycles. The summed E-state index contributed by atoms with van der Waals surface area (Å²) in [5.41, 5.74) is 4.87. The molecule has 0 N–H and O–H groups in total. The van der Waals surface area contributed by atoms with Crippen LogP contribution >= 0.6 is 0 Å². The molecule has 1 aliphatic rings. The van der Waals surface area contributed by atoms with Gasteiger partial charge in [-0.2, -0.15) is 0 Å². The molecule has 8 heteroatoms. The quantitative estimate of drug-likeness (QED) is 0.503. The maximum atomic E-state index is 12.9. The van der Waals surface area contributed by atoms with Gasteiger partial charge in [0.2, 0.25) is 0 Å². The van der Waals surface area contributed by atoms with Crippen LogP contribution in [0.5, 0.6) is 0 Å². The van der Waals surface area contributed by atoms with Gasteiger partial charge < -0.3 is 9.80 Å². The molecule has 1 saturated heterocycles. The van der Waals surface area contributed by atoms with Crippen LogP contribution in [0.15, 0.2) is 42.5 Å². The Bertz CT molecular complexity index is 1090. The SMILES string of the molecule is Cc1nc2ccc(C(=O)N3CCN(c4ccc([N+](=O)[O-])cc4)CC3)cc2nc1C. The van der Waals surface area contributed by atoms with Gasteiger partial charge >= 0.3 is 0 Å². The summed E-state index contributed by atoms with van der Waals surface area (Å²) < 4.78 is 0. The van der Waals surface area contributed by atoms with Crippen LogP contribution in [0.1, 0.15) is 21.7 Å². The molecule has 0 saturated carbocycles. The van der Waals surface area contributed by atoms with E-state index in [-0.39, 0.29) is 11.6 Å². The van der Waals surface area contributed by atoms with E-state index in [1.807, 2.05) is 24.8 Å². The highest BCUT2D eigenvalue weighted by atomic mass is 16.6. The number of piperazine rings is 1. The minimum Gasteiger partial charge on any atom is -0.368 e. The van der Waals surface area contributed by atoms with Gasteiger partial charge in [-0.15, -0.1) is 0 Å². The number of non-ortho nitro benzene ring substituents is 1. The van der Waals surface area contributed by atoms with Gasteiger partial charge in [-0.25, -0.2) is 9.97 Å². The van der Waals surface area contributed by atoms with Crippen LogP contribution in [-0.2, 0) is 0 Å². The fraction of sp³-hybridized carbons (Fsp3) is 0.286. The number of nitrogens with zero attached hydrogens (tertiary/aromatic N) is 5. The van der Waals surface area contributed by atoms with Gasteiger partial charge in [0, 0.05) is 49.6 Å². The maximum Gasteiger partial charge on any atom is 0.269 e. The standard InChI is InChI=1S/C21H21N5O3/c1-14-15(2)23-20-13-16(3-8-19(20)22-14)21(27)25-11-9-24(10-12-25)17-4-6-18(7-5-17)26(28)29/h3-8,13H,9-12H2,1-2H3. The Hall–Kier alpha value is -3.55. The molecule has 1 amide bonds. The van der Waals surface area contributed by atoms with Crippen LogP contribution in [0.4, 0.5) is 11.4 Å². The summed E-state index contributed by atoms with van der Waals surface area (Å²) in [6, 6.07) is 12.0. The lowest BCUT2D eigenvalue weighted by atomic mass is 10.1. The van der Waals surface area contributed by atoms with E-state index in [0.29, 0.717) is 31.7 Å². The van der Waals surface area contributed by atoms with Crippen molar-refractivity contribution < 1.29 is 9.72 Å². The van der Waals surface area contributed by atoms with Gasteiger partial charge in [-0.05, 0) is 44.2 Å². The molecule has 0 aliphatic carbocycles. The highest BCUT2D eigenvalue weighted by Gasteiger charge is 2.23. The Morgan fingerprint density at radius 3 is 2.17 bits per heavy atom. The van der Waals surface area contributed by atoms with Crippen molar-refractivity contribution in [2.75, 3.05) is 31.1 Å². The predicted octanol–water partition coefficient (Wildman–Crippen LogP) is 3.12. The van der Waals surface area contributed by atoms with Crippen molar-refractivity contribution in [2.24, 2.45) is 0 Å². The van der Waals surface area contributed by atoms with Crippen LogP contribution in [0.3, 0.4) is 0 Å². The second-order valence-electron chi connectivity index (χ2n) is 7.15. The van der Waals surface area contributed by atoms with E-state index in [1.54, 1.807) is 24.3 Å². The molecule has 0 unspecified atom stereocenters. The first-order valence-corrected chi connectivity index (χ1v) is 9.46. The first kappa shape index (κ1) is 18.8. The molecule has 2 heterocycles. The van der Waals surface area contributed by atoms with Crippen LogP contribution in [0.2, 0.25) is 0 Å². The Labute approximate surface area is 167 Å². The number of carbonyl (C=O) groups is 1. The monoisotopic (exact) mass is 391 g/mol. The van der Waals surface area contributed by atoms with Crippen LogP contribution in [0, 0.1) is 24.0 Å². The first-order chi connectivity index (χ1) is 13.9. The molecule has 0 atom stereocenters. The molecule has 3 aromatic rings. The third kappa shape index (κ3) is 3.73. The Kier molecular flexibility index (Phi) is 4.84. The molecule has 1 fully saturated rings. The van der Waals surface area contributed by atoms with Gasteiger partial charge in [0.25, 0.3) is 11.6 Å². The number of benzene rings is 2. The molecule has 29 heavy (non-hydrogen) atoms. The normalized spacial score (nSPS) is 14.3. The number of nitro groups is 1. The zero-order valence-corrected chi connectivity index (χ0v) is 16.3. The highest BCUT2D eigenvalue weighted by Crippen LogP contribution is 2.22. The third-order valence-electron chi connectivity index (χ3n) is 5.31. The molecule has 0 spiro atoms. The van der Waals surface area contributed by atoms with Gasteiger partial charge in [0.15, 0.2) is 0 Å². The van der Waals surface area contributed by atoms with Gasteiger partial charge in [-0.3, -0.25) is 14.9 Å². The molecule has 1 aromatic heterocycles. The molecule has 8 nitrogen and oxygen atoms in total. The third-order valence-corrected chi connectivity index (χ3v) is 5.31. The van der Waals surface area contributed by atoms with Crippen molar-refractivity contribution in [1.29, 1.82) is 0 Å². The second-order valence-corrected chi connectivity index (χ2v) is 7.15. The summed E-state index contributed by atoms with van der Waals surface area (Å²) >= 11 is 0. The molecule has 148 valence electrons. The topological polar surface area (TPSA) is 92.5 Å². The van der Waals surface area contributed by atoms with Crippen molar-refractivity contribution in [1.82, 2.24) is 14.9 Å². The lowest BCUT2D eigenvalue weighted by molar-refractivity contribution is -0.384. The van der Waals surface area contributed by atoms with E-state index in [0.717, 1.165) is 28.1 Å². The summed E-state index contributed by atoms with van der Waals surface area (Å²) in [7, 11) is 0. The van der Waals surface area contributed by atoms with Crippen molar-refractivity contribution >= 4 is 28.3 Å². The smallest absolute Gasteiger partial charge is 0.269 e. The number of anilines is 1. The van der Waals surface area contributed by atoms with Crippen LogP contribution in [0.25, 0.3) is 11.0 Å². The van der Waals surface area contributed by atoms with E-state index in [4.69, 9.17) is 0 Å². The zero-order valence-electron chi connectivity index (χ0n) is 16.3. The van der Waals surface area contributed by atoms with E-state index in [2.05, 4.69) is 14.9 Å². The van der Waals surface area contributed by atoms with E-state index in [1.165, 1.54) is 12.1 Å². The number of amides is 1. The van der Waals surface area contributed by atoms with Crippen molar-refractivity contribution in [3.63, 3.8) is 0 Å². The van der Waals surface area contributed by atoms with Crippen LogP contribution < -0.4 is 4.90 Å². The highest BCUT2D eigenvalue weighted by molar-refractivity contribution is 5.97. The fourth-order valence-electron chi connectivity index (χ4n) is 3.50. The number of nitro benzene ring substituents is 1. The van der Waals surface area contributed by atoms with Gasteiger partial charge in [-0.1, -0.05) is 0 Å². The predicted molar refractivity (Wildman–Crippen MR) is 110 cm³/mol. The minimum absolute atomic E-state index is 0.0183. The lowest BCUT2D eigenvalue weighted by Crippen LogP contribution is -2.48. The van der Waals surface area contributed by atoms with Gasteiger partial charge in [0.1, 0.15) is 0 Å². The summed E-state index contributed by atoms with van der Waals surface area (Å²) in [6.07, 6.45) is 0. The molecular formula is C21H21N5O3.